The van der Waals surface area contributed by atoms with E-state index in [1.807, 2.05) is 18.7 Å². The normalized spacial score (nSPS) is 11.2. The monoisotopic (exact) mass is 255 g/mol. The van der Waals surface area contributed by atoms with Crippen molar-refractivity contribution in [2.24, 2.45) is 5.73 Å². The van der Waals surface area contributed by atoms with E-state index in [9.17, 15) is 8.78 Å². The van der Waals surface area contributed by atoms with Gasteiger partial charge in [0.05, 0.1) is 5.84 Å². The van der Waals surface area contributed by atoms with E-state index >= 15 is 0 Å². The van der Waals surface area contributed by atoms with Crippen molar-refractivity contribution in [3.8, 4) is 0 Å². The first-order valence-corrected chi connectivity index (χ1v) is 5.91. The first kappa shape index (κ1) is 14.6. The van der Waals surface area contributed by atoms with Gasteiger partial charge in [0.1, 0.15) is 11.6 Å². The SMILES string of the molecule is CC(C)N(CCC(=N)N)Cc1c(F)cccc1F. The molecule has 0 unspecified atom stereocenters. The van der Waals surface area contributed by atoms with Crippen LogP contribution in [0.3, 0.4) is 0 Å². The minimum absolute atomic E-state index is 0.0646. The van der Waals surface area contributed by atoms with Crippen LogP contribution in [0.4, 0.5) is 8.78 Å². The zero-order valence-electron chi connectivity index (χ0n) is 10.7. The molecule has 0 radical (unpaired) electrons. The molecule has 0 spiro atoms. The van der Waals surface area contributed by atoms with E-state index in [-0.39, 0.29) is 24.0 Å². The van der Waals surface area contributed by atoms with E-state index in [2.05, 4.69) is 0 Å². The molecule has 0 fully saturated rings. The molecular weight excluding hydrogens is 236 g/mol. The van der Waals surface area contributed by atoms with Gasteiger partial charge in [0.25, 0.3) is 0 Å². The summed E-state index contributed by atoms with van der Waals surface area (Å²) < 4.78 is 27.1. The maximum atomic E-state index is 13.5. The fraction of sp³-hybridized carbons (Fsp3) is 0.462. The molecule has 3 nitrogen and oxygen atoms in total. The molecule has 0 aliphatic heterocycles. The Morgan fingerprint density at radius 2 is 1.89 bits per heavy atom. The summed E-state index contributed by atoms with van der Waals surface area (Å²) in [6.07, 6.45) is 0.397. The molecule has 0 atom stereocenters. The molecule has 1 rings (SSSR count). The predicted molar refractivity (Wildman–Crippen MR) is 68.4 cm³/mol. The molecule has 0 saturated heterocycles. The van der Waals surface area contributed by atoms with E-state index in [0.717, 1.165) is 0 Å². The Bertz CT molecular complexity index is 398. The van der Waals surface area contributed by atoms with Crippen LogP contribution in [-0.4, -0.2) is 23.3 Å². The molecule has 0 bridgehead atoms. The molecule has 0 aliphatic rings. The van der Waals surface area contributed by atoms with E-state index in [4.69, 9.17) is 11.1 Å². The van der Waals surface area contributed by atoms with Gasteiger partial charge in [-0.05, 0) is 26.0 Å². The average Bonchev–Trinajstić information content (AvgIpc) is 2.26. The number of amidine groups is 1. The van der Waals surface area contributed by atoms with Crippen molar-refractivity contribution in [2.45, 2.75) is 32.9 Å². The number of rotatable bonds is 6. The highest BCUT2D eigenvalue weighted by molar-refractivity contribution is 5.76. The van der Waals surface area contributed by atoms with Crippen LogP contribution in [0.15, 0.2) is 18.2 Å². The van der Waals surface area contributed by atoms with Gasteiger partial charge in [-0.1, -0.05) is 6.07 Å². The van der Waals surface area contributed by atoms with E-state index < -0.39 is 11.6 Å². The second kappa shape index (κ2) is 6.44. The third-order valence-electron chi connectivity index (χ3n) is 2.82. The molecule has 1 aromatic carbocycles. The van der Waals surface area contributed by atoms with Gasteiger partial charge in [-0.15, -0.1) is 0 Å². The number of halogens is 2. The van der Waals surface area contributed by atoms with E-state index in [1.165, 1.54) is 18.2 Å². The Labute approximate surface area is 106 Å². The third kappa shape index (κ3) is 4.07. The lowest BCUT2D eigenvalue weighted by molar-refractivity contribution is 0.213. The van der Waals surface area contributed by atoms with Crippen LogP contribution in [0.1, 0.15) is 25.8 Å². The lowest BCUT2D eigenvalue weighted by Crippen LogP contribution is -2.34. The van der Waals surface area contributed by atoms with Gasteiger partial charge in [0.2, 0.25) is 0 Å². The molecule has 0 aromatic heterocycles. The largest absolute Gasteiger partial charge is 0.388 e. The van der Waals surface area contributed by atoms with Crippen LogP contribution < -0.4 is 5.73 Å². The quantitative estimate of drug-likeness (QED) is 0.606. The lowest BCUT2D eigenvalue weighted by Gasteiger charge is -2.26. The highest BCUT2D eigenvalue weighted by Gasteiger charge is 2.15. The van der Waals surface area contributed by atoms with Crippen molar-refractivity contribution >= 4 is 5.84 Å². The second-order valence-electron chi connectivity index (χ2n) is 4.54. The molecule has 0 heterocycles. The van der Waals surface area contributed by atoms with Crippen LogP contribution in [0.2, 0.25) is 0 Å². The molecular formula is C13H19F2N3. The zero-order valence-corrected chi connectivity index (χ0v) is 10.7. The van der Waals surface area contributed by atoms with Crippen LogP contribution in [0, 0.1) is 17.0 Å². The van der Waals surface area contributed by atoms with Crippen molar-refractivity contribution in [3.63, 3.8) is 0 Å². The maximum absolute atomic E-state index is 13.5. The van der Waals surface area contributed by atoms with Crippen molar-refractivity contribution < 1.29 is 8.78 Å². The van der Waals surface area contributed by atoms with Crippen LogP contribution in [0.25, 0.3) is 0 Å². The standard InChI is InChI=1S/C13H19F2N3/c1-9(2)18(7-6-13(16)17)8-10-11(14)4-3-5-12(10)15/h3-5,9H,6-8H2,1-2H3,(H3,16,17). The summed E-state index contributed by atoms with van der Waals surface area (Å²) in [6.45, 7) is 4.59. The number of nitrogens with one attached hydrogen (secondary N) is 1. The fourth-order valence-electron chi connectivity index (χ4n) is 1.67. The smallest absolute Gasteiger partial charge is 0.130 e. The maximum Gasteiger partial charge on any atom is 0.130 e. The molecule has 100 valence electrons. The topological polar surface area (TPSA) is 53.1 Å². The van der Waals surface area contributed by atoms with Crippen molar-refractivity contribution in [3.05, 3.63) is 35.4 Å². The van der Waals surface area contributed by atoms with E-state index in [1.54, 1.807) is 0 Å². The Morgan fingerprint density at radius 3 is 2.33 bits per heavy atom. The Kier molecular flexibility index (Phi) is 5.22. The molecule has 0 amide bonds. The number of hydrogen-bond acceptors (Lipinski definition) is 2. The number of nitrogens with zero attached hydrogens (tertiary/aromatic N) is 1. The number of nitrogens with two attached hydrogens (primary N) is 1. The van der Waals surface area contributed by atoms with Gasteiger partial charge in [0, 0.05) is 31.1 Å². The minimum atomic E-state index is -0.538. The van der Waals surface area contributed by atoms with Gasteiger partial charge >= 0.3 is 0 Å². The molecule has 0 saturated carbocycles. The Hall–Kier alpha value is -1.49. The number of hydrogen-bond donors (Lipinski definition) is 2. The summed E-state index contributed by atoms with van der Waals surface area (Å²) in [7, 11) is 0. The van der Waals surface area contributed by atoms with Crippen molar-refractivity contribution in [2.75, 3.05) is 6.54 Å². The van der Waals surface area contributed by atoms with Gasteiger partial charge in [-0.3, -0.25) is 10.3 Å². The van der Waals surface area contributed by atoms with E-state index in [0.29, 0.717) is 13.0 Å². The van der Waals surface area contributed by atoms with Crippen molar-refractivity contribution in [1.82, 2.24) is 4.90 Å². The number of benzene rings is 1. The zero-order chi connectivity index (χ0) is 13.7. The first-order chi connectivity index (χ1) is 8.41. The summed E-state index contributed by atoms with van der Waals surface area (Å²) in [4.78, 5) is 1.89. The molecule has 3 N–H and O–H groups in total. The highest BCUT2D eigenvalue weighted by atomic mass is 19.1. The fourth-order valence-corrected chi connectivity index (χ4v) is 1.67. The Balaban J connectivity index is 2.80. The third-order valence-corrected chi connectivity index (χ3v) is 2.82. The lowest BCUT2D eigenvalue weighted by atomic mass is 10.1. The molecule has 0 aliphatic carbocycles. The molecule has 1 aromatic rings. The summed E-state index contributed by atoms with van der Waals surface area (Å²) >= 11 is 0. The molecule has 18 heavy (non-hydrogen) atoms. The van der Waals surface area contributed by atoms with Crippen LogP contribution in [-0.2, 0) is 6.54 Å². The summed E-state index contributed by atoms with van der Waals surface area (Å²) in [5.74, 6) is -0.999. The van der Waals surface area contributed by atoms with Gasteiger partial charge in [0.15, 0.2) is 0 Å². The second-order valence-corrected chi connectivity index (χ2v) is 4.54. The average molecular weight is 255 g/mol. The van der Waals surface area contributed by atoms with Gasteiger partial charge in [-0.2, -0.15) is 0 Å². The summed E-state index contributed by atoms with van der Waals surface area (Å²) in [5, 5.41) is 7.20. The Morgan fingerprint density at radius 1 is 1.33 bits per heavy atom. The van der Waals surface area contributed by atoms with Gasteiger partial charge in [-0.25, -0.2) is 8.78 Å². The molecule has 5 heteroatoms. The minimum Gasteiger partial charge on any atom is -0.388 e. The van der Waals surface area contributed by atoms with Crippen LogP contribution in [0.5, 0.6) is 0 Å². The predicted octanol–water partition coefficient (Wildman–Crippen LogP) is 2.50. The summed E-state index contributed by atoms with van der Waals surface area (Å²) in [6, 6.07) is 3.98. The highest BCUT2D eigenvalue weighted by Crippen LogP contribution is 2.16. The first-order valence-electron chi connectivity index (χ1n) is 5.91. The van der Waals surface area contributed by atoms with Gasteiger partial charge < -0.3 is 5.73 Å². The van der Waals surface area contributed by atoms with Crippen molar-refractivity contribution in [1.29, 1.82) is 5.41 Å². The summed E-state index contributed by atoms with van der Waals surface area (Å²) in [5.41, 5.74) is 5.37. The van der Waals surface area contributed by atoms with Crippen LogP contribution >= 0.6 is 0 Å².